The van der Waals surface area contributed by atoms with Gasteiger partial charge >= 0.3 is 0 Å². The maximum atomic E-state index is 5.04. The Morgan fingerprint density at radius 2 is 1.93 bits per heavy atom. The predicted molar refractivity (Wildman–Crippen MR) is 53.7 cm³/mol. The van der Waals surface area contributed by atoms with Gasteiger partial charge in [-0.05, 0) is 17.7 Å². The first-order valence-corrected chi connectivity index (χ1v) is 4.52. The average Bonchev–Trinajstić information content (AvgIpc) is 2.26. The number of pyridine rings is 1. The van der Waals surface area contributed by atoms with Crippen LogP contribution in [0.4, 0.5) is 0 Å². The smallest absolute Gasteiger partial charge is 0.169 e. The fourth-order valence-corrected chi connectivity index (χ4v) is 1.10. The zero-order valence-electron chi connectivity index (χ0n) is 8.56. The molecule has 0 aliphatic rings. The summed E-state index contributed by atoms with van der Waals surface area (Å²) in [6.45, 7) is 1.47. The molecule has 0 unspecified atom stereocenters. The molecule has 0 spiro atoms. The Hall–Kier alpha value is -0.970. The molecule has 1 N–H and O–H groups in total. The van der Waals surface area contributed by atoms with Crippen molar-refractivity contribution in [3.63, 3.8) is 0 Å². The van der Waals surface area contributed by atoms with Crippen LogP contribution in [-0.4, -0.2) is 32.0 Å². The summed E-state index contributed by atoms with van der Waals surface area (Å²) in [5, 5.41) is 3.23. The summed E-state index contributed by atoms with van der Waals surface area (Å²) in [6.07, 6.45) is 3.37. The highest BCUT2D eigenvalue weighted by atomic mass is 16.7. The first-order chi connectivity index (χ1) is 6.86. The van der Waals surface area contributed by atoms with E-state index in [2.05, 4.69) is 10.3 Å². The van der Waals surface area contributed by atoms with Crippen molar-refractivity contribution in [2.24, 2.45) is 0 Å². The molecule has 0 amide bonds. The van der Waals surface area contributed by atoms with Crippen LogP contribution in [0.5, 0.6) is 0 Å². The maximum absolute atomic E-state index is 5.04. The molecule has 4 heteroatoms. The van der Waals surface area contributed by atoms with Crippen LogP contribution in [0.15, 0.2) is 24.5 Å². The van der Waals surface area contributed by atoms with Crippen LogP contribution < -0.4 is 5.32 Å². The van der Waals surface area contributed by atoms with Gasteiger partial charge in [0.1, 0.15) is 0 Å². The SMILES string of the molecule is COC(CNCc1ccncc1)OC. The summed E-state index contributed by atoms with van der Waals surface area (Å²) in [5.74, 6) is 0. The van der Waals surface area contributed by atoms with Gasteiger partial charge in [-0.1, -0.05) is 0 Å². The Bertz CT molecular complexity index is 237. The molecule has 0 radical (unpaired) electrons. The van der Waals surface area contributed by atoms with E-state index in [-0.39, 0.29) is 6.29 Å². The number of ether oxygens (including phenoxy) is 2. The van der Waals surface area contributed by atoms with Crippen LogP contribution in [0, 0.1) is 0 Å². The molecule has 78 valence electrons. The van der Waals surface area contributed by atoms with Crippen molar-refractivity contribution in [3.05, 3.63) is 30.1 Å². The average molecular weight is 196 g/mol. The second-order valence-corrected chi connectivity index (χ2v) is 2.89. The largest absolute Gasteiger partial charge is 0.355 e. The van der Waals surface area contributed by atoms with Crippen molar-refractivity contribution in [3.8, 4) is 0 Å². The molecule has 1 aromatic heterocycles. The number of hydrogen-bond acceptors (Lipinski definition) is 4. The Kier molecular flexibility index (Phi) is 5.14. The number of nitrogens with zero attached hydrogens (tertiary/aromatic N) is 1. The van der Waals surface area contributed by atoms with Crippen molar-refractivity contribution >= 4 is 0 Å². The van der Waals surface area contributed by atoms with Crippen molar-refractivity contribution in [2.75, 3.05) is 20.8 Å². The summed E-state index contributed by atoms with van der Waals surface area (Å²) >= 11 is 0. The van der Waals surface area contributed by atoms with Gasteiger partial charge in [0, 0.05) is 39.7 Å². The van der Waals surface area contributed by atoms with Crippen LogP contribution >= 0.6 is 0 Å². The fourth-order valence-electron chi connectivity index (χ4n) is 1.10. The van der Waals surface area contributed by atoms with Gasteiger partial charge in [-0.25, -0.2) is 0 Å². The van der Waals surface area contributed by atoms with E-state index in [0.717, 1.165) is 6.54 Å². The Labute approximate surface area is 84.3 Å². The first kappa shape index (κ1) is 11.1. The number of methoxy groups -OCH3 is 2. The van der Waals surface area contributed by atoms with Gasteiger partial charge in [0.2, 0.25) is 0 Å². The summed E-state index contributed by atoms with van der Waals surface area (Å²) in [4.78, 5) is 3.94. The molecule has 4 nitrogen and oxygen atoms in total. The van der Waals surface area contributed by atoms with E-state index in [1.165, 1.54) is 5.56 Å². The summed E-state index contributed by atoms with van der Waals surface area (Å²) in [5.41, 5.74) is 1.20. The molecule has 0 saturated carbocycles. The molecule has 14 heavy (non-hydrogen) atoms. The van der Waals surface area contributed by atoms with E-state index in [4.69, 9.17) is 9.47 Å². The highest BCUT2D eigenvalue weighted by molar-refractivity contribution is 5.08. The minimum Gasteiger partial charge on any atom is -0.355 e. The quantitative estimate of drug-likeness (QED) is 0.683. The molecule has 1 rings (SSSR count). The molecule has 0 aliphatic heterocycles. The van der Waals surface area contributed by atoms with Crippen molar-refractivity contribution in [2.45, 2.75) is 12.8 Å². The van der Waals surface area contributed by atoms with Crippen LogP contribution in [0.2, 0.25) is 0 Å². The molecule has 0 aliphatic carbocycles. The minimum atomic E-state index is -0.183. The van der Waals surface area contributed by atoms with E-state index >= 15 is 0 Å². The lowest BCUT2D eigenvalue weighted by molar-refractivity contribution is -0.0989. The monoisotopic (exact) mass is 196 g/mol. The van der Waals surface area contributed by atoms with E-state index in [9.17, 15) is 0 Å². The van der Waals surface area contributed by atoms with Gasteiger partial charge in [-0.15, -0.1) is 0 Å². The second kappa shape index (κ2) is 6.48. The third-order valence-corrected chi connectivity index (χ3v) is 1.92. The minimum absolute atomic E-state index is 0.183. The zero-order chi connectivity index (χ0) is 10.2. The number of aromatic nitrogens is 1. The van der Waals surface area contributed by atoms with E-state index in [1.54, 1.807) is 26.6 Å². The number of hydrogen-bond donors (Lipinski definition) is 1. The van der Waals surface area contributed by atoms with Gasteiger partial charge in [0.15, 0.2) is 6.29 Å². The molecule has 0 atom stereocenters. The molecule has 0 fully saturated rings. The van der Waals surface area contributed by atoms with Crippen molar-refractivity contribution in [1.82, 2.24) is 10.3 Å². The molecule has 0 aromatic carbocycles. The molecule has 0 saturated heterocycles. The Balaban J connectivity index is 2.21. The van der Waals surface area contributed by atoms with Gasteiger partial charge in [0.25, 0.3) is 0 Å². The van der Waals surface area contributed by atoms with Crippen molar-refractivity contribution in [1.29, 1.82) is 0 Å². The summed E-state index contributed by atoms with van der Waals surface area (Å²) in [7, 11) is 3.25. The van der Waals surface area contributed by atoms with E-state index in [1.807, 2.05) is 12.1 Å². The van der Waals surface area contributed by atoms with Gasteiger partial charge in [-0.2, -0.15) is 0 Å². The lowest BCUT2D eigenvalue weighted by Crippen LogP contribution is -2.29. The van der Waals surface area contributed by atoms with Crippen LogP contribution in [0.3, 0.4) is 0 Å². The normalized spacial score (nSPS) is 10.8. The van der Waals surface area contributed by atoms with Crippen LogP contribution in [-0.2, 0) is 16.0 Å². The lowest BCUT2D eigenvalue weighted by Gasteiger charge is -2.13. The zero-order valence-corrected chi connectivity index (χ0v) is 8.56. The first-order valence-electron chi connectivity index (χ1n) is 4.52. The highest BCUT2D eigenvalue weighted by Gasteiger charge is 2.02. The van der Waals surface area contributed by atoms with Gasteiger partial charge < -0.3 is 14.8 Å². The highest BCUT2D eigenvalue weighted by Crippen LogP contribution is 1.95. The van der Waals surface area contributed by atoms with Crippen LogP contribution in [0.25, 0.3) is 0 Å². The maximum Gasteiger partial charge on any atom is 0.169 e. The molecular weight excluding hydrogens is 180 g/mol. The number of rotatable bonds is 6. The molecule has 1 heterocycles. The van der Waals surface area contributed by atoms with E-state index in [0.29, 0.717) is 6.54 Å². The summed E-state index contributed by atoms with van der Waals surface area (Å²) in [6, 6.07) is 3.95. The molecular formula is C10H16N2O2. The predicted octanol–water partition coefficient (Wildman–Crippen LogP) is 0.790. The van der Waals surface area contributed by atoms with Gasteiger partial charge in [-0.3, -0.25) is 4.98 Å². The molecule has 1 aromatic rings. The Morgan fingerprint density at radius 3 is 2.50 bits per heavy atom. The second-order valence-electron chi connectivity index (χ2n) is 2.89. The van der Waals surface area contributed by atoms with Gasteiger partial charge in [0.05, 0.1) is 0 Å². The third-order valence-electron chi connectivity index (χ3n) is 1.92. The van der Waals surface area contributed by atoms with E-state index < -0.39 is 0 Å². The van der Waals surface area contributed by atoms with Crippen LogP contribution in [0.1, 0.15) is 5.56 Å². The third kappa shape index (κ3) is 3.83. The number of nitrogens with one attached hydrogen (secondary N) is 1. The lowest BCUT2D eigenvalue weighted by atomic mass is 10.3. The fraction of sp³-hybridized carbons (Fsp3) is 0.500. The molecule has 0 bridgehead atoms. The Morgan fingerprint density at radius 1 is 1.29 bits per heavy atom. The topological polar surface area (TPSA) is 43.4 Å². The van der Waals surface area contributed by atoms with Crippen molar-refractivity contribution < 1.29 is 9.47 Å². The summed E-state index contributed by atoms with van der Waals surface area (Å²) < 4.78 is 10.1. The standard InChI is InChI=1S/C10H16N2O2/c1-13-10(14-2)8-12-7-9-3-5-11-6-4-9/h3-6,10,12H,7-8H2,1-2H3.